The highest BCUT2D eigenvalue weighted by atomic mass is 16.3. The molecule has 13 atom stereocenters. The molecule has 656 valence electrons. The molecule has 0 spiro atoms. The summed E-state index contributed by atoms with van der Waals surface area (Å²) >= 11 is 0. The highest BCUT2D eigenvalue weighted by Crippen LogP contribution is 2.23. The fourth-order valence-corrected chi connectivity index (χ4v) is 13.7. The first-order valence-corrected chi connectivity index (χ1v) is 39.9. The maximum atomic E-state index is 15.0. The molecule has 0 aliphatic carbocycles. The van der Waals surface area contributed by atoms with E-state index in [9.17, 15) is 86.9 Å². The summed E-state index contributed by atoms with van der Waals surface area (Å²) in [7, 11) is 0. The van der Waals surface area contributed by atoms with Gasteiger partial charge in [-0.1, -0.05) is 133 Å². The number of hydrogen-bond donors (Lipinski definition) is 21. The van der Waals surface area contributed by atoms with Crippen molar-refractivity contribution in [2.75, 3.05) is 19.7 Å². The van der Waals surface area contributed by atoms with Crippen LogP contribution in [0.1, 0.15) is 128 Å². The van der Waals surface area contributed by atoms with E-state index >= 15 is 0 Å². The van der Waals surface area contributed by atoms with E-state index in [1.165, 1.54) is 35.4 Å². The number of carbonyl (C=O) groups excluding carboxylic acids is 16. The number of para-hydroxylation sites is 1. The molecule has 4 aromatic carbocycles. The molecule has 0 radical (unpaired) electrons. The number of amides is 16. The van der Waals surface area contributed by atoms with Crippen molar-refractivity contribution in [3.05, 3.63) is 138 Å². The van der Waals surface area contributed by atoms with Gasteiger partial charge < -0.3 is 119 Å². The van der Waals surface area contributed by atoms with Crippen molar-refractivity contribution in [3.63, 3.8) is 0 Å². The molecule has 39 nitrogen and oxygen atoms in total. The number of H-pyrrole nitrogens is 1. The third-order valence-corrected chi connectivity index (χ3v) is 19.7. The van der Waals surface area contributed by atoms with Gasteiger partial charge in [0.15, 0.2) is 5.96 Å². The summed E-state index contributed by atoms with van der Waals surface area (Å²) in [4.78, 5) is 233. The molecule has 39 heteroatoms. The van der Waals surface area contributed by atoms with E-state index in [1.54, 1.807) is 113 Å². The molecule has 1 fully saturated rings. The number of aliphatic imine (C=N–C) groups is 1. The molecule has 1 saturated heterocycles. The Kier molecular flexibility index (Phi) is 38.0. The number of phenolic OH excluding ortho intramolecular Hbond substituents is 1. The number of aromatic hydroxyl groups is 1. The van der Waals surface area contributed by atoms with E-state index < -0.39 is 212 Å². The van der Waals surface area contributed by atoms with Crippen molar-refractivity contribution >= 4 is 111 Å². The molecule has 5 aromatic rings. The first-order valence-electron chi connectivity index (χ1n) is 39.9. The minimum atomic E-state index is -2.03. The molecule has 1 aromatic heterocycles. The highest BCUT2D eigenvalue weighted by Gasteiger charge is 2.41. The summed E-state index contributed by atoms with van der Waals surface area (Å²) in [6.07, 6.45) is -1.52. The number of aliphatic hydroxyl groups excluding tert-OH is 1. The molecule has 6 rings (SSSR count). The first kappa shape index (κ1) is 96.8. The number of carbonyl (C=O) groups is 16. The number of aromatic amines is 1. The summed E-state index contributed by atoms with van der Waals surface area (Å²) < 4.78 is 0. The third kappa shape index (κ3) is 32.0. The minimum Gasteiger partial charge on any atom is -0.508 e. The van der Waals surface area contributed by atoms with Crippen LogP contribution in [0.25, 0.3) is 10.9 Å². The molecule has 0 bridgehead atoms. The van der Waals surface area contributed by atoms with Crippen LogP contribution in [0.3, 0.4) is 0 Å². The number of aliphatic hydroxyl groups is 1. The van der Waals surface area contributed by atoms with Crippen molar-refractivity contribution in [2.45, 2.75) is 210 Å². The van der Waals surface area contributed by atoms with E-state index in [1.807, 2.05) is 13.8 Å². The summed E-state index contributed by atoms with van der Waals surface area (Å²) in [6.45, 7) is 9.78. The van der Waals surface area contributed by atoms with Gasteiger partial charge in [-0.3, -0.25) is 81.7 Å². The van der Waals surface area contributed by atoms with E-state index in [0.29, 0.717) is 40.4 Å². The summed E-state index contributed by atoms with van der Waals surface area (Å²) in [5.41, 5.74) is 42.3. The monoisotopic (exact) mass is 1680 g/mol. The van der Waals surface area contributed by atoms with Crippen LogP contribution in [-0.2, 0) is 102 Å². The zero-order valence-electron chi connectivity index (χ0n) is 68.6. The van der Waals surface area contributed by atoms with Gasteiger partial charge in [-0.2, -0.15) is 0 Å². The number of phenols is 1. The van der Waals surface area contributed by atoms with Crippen LogP contribution in [-0.4, -0.2) is 219 Å². The van der Waals surface area contributed by atoms with Crippen LogP contribution in [0, 0.1) is 17.8 Å². The molecule has 2 heterocycles. The molecular formula is C82H115N21O18. The lowest BCUT2D eigenvalue weighted by Gasteiger charge is -2.29. The van der Waals surface area contributed by atoms with Gasteiger partial charge in [0.05, 0.1) is 31.9 Å². The Bertz CT molecular complexity index is 4470. The van der Waals surface area contributed by atoms with Crippen LogP contribution in [0.4, 0.5) is 0 Å². The van der Waals surface area contributed by atoms with Gasteiger partial charge in [-0.05, 0) is 103 Å². The van der Waals surface area contributed by atoms with Crippen LogP contribution < -0.4 is 98.6 Å². The molecule has 121 heavy (non-hydrogen) atoms. The summed E-state index contributed by atoms with van der Waals surface area (Å²) in [6, 6.07) is 8.55. The van der Waals surface area contributed by atoms with E-state index in [-0.39, 0.29) is 93.1 Å². The number of likely N-dealkylation sites (tertiary alicyclic amines) is 1. The lowest BCUT2D eigenvalue weighted by atomic mass is 9.98. The average Bonchev–Trinajstić information content (AvgIpc) is 1.67. The Morgan fingerprint density at radius 2 is 0.810 bits per heavy atom. The highest BCUT2D eigenvalue weighted by molar-refractivity contribution is 6.02. The van der Waals surface area contributed by atoms with Gasteiger partial charge in [0.2, 0.25) is 94.5 Å². The van der Waals surface area contributed by atoms with Gasteiger partial charge in [0, 0.05) is 55.9 Å². The standard InChI is InChI=1S/C82H115N21O18/c1-43(2)31-52(83)81(121)103-30-16-24-65(103)80(120)101-63(40-68(86)108)77(117)96-59(36-48-25-27-50(105)28-26-48)74(114)99-61(38-66(84)106)76(116)98-60(37-49-41-91-53-22-14-13-21-51(49)53)75(115)100-62(39-67(85)107)78(118)102-64(42-104)79(119)97-58(35-47-19-11-8-12-20-47)73(113)95-57(33-45(5)6)72(112)94-56(32-44(3)4)71(111)92-54(23-15-29-90-82(88)89)70(110)93-55(69(87)109)34-46-17-9-7-10-18-46/h7-14,17-22,25-28,41,43-45,52,54-65,91,104-105H,15-16,23-24,29-40,42,83H2,1-6H3,(H2,84,106)(H2,85,107)(H2,86,108)(H2,87,109)(H,92,111)(H,93,110)(H,94,112)(H,95,113)(H,96,117)(H,97,119)(H,98,116)(H,99,114)(H,100,115)(H,101,120)(H,102,118)(H4,88,89,90)/t52-,54-,55-,56-,57-,58-,59-,60-,61-,62-,63-,64-,65-/m0/s1. The number of primary amides is 4. The number of nitrogens with zero attached hydrogens (tertiary/aromatic N) is 2. The number of hydrogen-bond acceptors (Lipinski definition) is 20. The fraction of sp³-hybridized carbons (Fsp3) is 0.476. The lowest BCUT2D eigenvalue weighted by Crippen LogP contribution is -2.62. The van der Waals surface area contributed by atoms with Crippen LogP contribution in [0.15, 0.2) is 120 Å². The predicted molar refractivity (Wildman–Crippen MR) is 444 cm³/mol. The number of aromatic nitrogens is 1. The Morgan fingerprint density at radius 1 is 0.438 bits per heavy atom. The normalized spacial score (nSPS) is 15.5. The summed E-state index contributed by atoms with van der Waals surface area (Å²) in [5.74, 6) is -17.5. The van der Waals surface area contributed by atoms with Gasteiger partial charge in [-0.15, -0.1) is 0 Å². The molecule has 0 saturated carbocycles. The molecule has 1 aliphatic rings. The second kappa shape index (κ2) is 47.5. The topological polar surface area (TPSA) is 659 Å². The number of benzene rings is 4. The van der Waals surface area contributed by atoms with Crippen molar-refractivity contribution in [1.82, 2.24) is 68.4 Å². The van der Waals surface area contributed by atoms with Crippen LogP contribution in [0.5, 0.6) is 5.75 Å². The first-order chi connectivity index (χ1) is 57.3. The maximum absolute atomic E-state index is 15.0. The zero-order valence-corrected chi connectivity index (χ0v) is 68.6. The minimum absolute atomic E-state index is 0.00378. The van der Waals surface area contributed by atoms with Crippen LogP contribution in [0.2, 0.25) is 0 Å². The SMILES string of the molecule is CC(C)C[C@H](NC(=O)[C@H](CC(C)C)NC(=O)[C@H](Cc1ccccc1)NC(=O)[C@H](CO)NC(=O)[C@H](CC(N)=O)NC(=O)[C@H](Cc1c[nH]c2ccccc12)NC(=O)[C@H](CC(N)=O)NC(=O)[C@H](Cc1ccc(O)cc1)NC(=O)[C@H](CC(N)=O)NC(=O)[C@@H]1CCCN1C(=O)[C@@H](N)CC(C)C)C(=O)N[C@@H](CCCN=C(N)N)C(=O)N[C@@H](Cc1ccccc1)C(N)=O. The second-order valence-electron chi connectivity index (χ2n) is 31.2. The molecule has 0 unspecified atom stereocenters. The maximum Gasteiger partial charge on any atom is 0.245 e. The van der Waals surface area contributed by atoms with E-state index in [4.69, 9.17) is 40.1 Å². The number of nitrogens with one attached hydrogen (secondary N) is 12. The lowest BCUT2D eigenvalue weighted by molar-refractivity contribution is -0.141. The van der Waals surface area contributed by atoms with E-state index in [2.05, 4.69) is 68.5 Å². The summed E-state index contributed by atoms with van der Waals surface area (Å²) in [5, 5.41) is 49.3. The fourth-order valence-electron chi connectivity index (χ4n) is 13.7. The Morgan fingerprint density at radius 3 is 1.26 bits per heavy atom. The number of guanidine groups is 1. The largest absolute Gasteiger partial charge is 0.508 e. The van der Waals surface area contributed by atoms with Crippen molar-refractivity contribution in [3.8, 4) is 5.75 Å². The Balaban J connectivity index is 1.24. The Hall–Kier alpha value is -13.1. The molecule has 1 aliphatic heterocycles. The third-order valence-electron chi connectivity index (χ3n) is 19.7. The van der Waals surface area contributed by atoms with Crippen LogP contribution >= 0.6 is 0 Å². The van der Waals surface area contributed by atoms with Gasteiger partial charge in [0.25, 0.3) is 0 Å². The number of nitrogens with two attached hydrogens (primary N) is 7. The molecule has 28 N–H and O–H groups in total. The van der Waals surface area contributed by atoms with Crippen molar-refractivity contribution < 1.29 is 86.9 Å². The van der Waals surface area contributed by atoms with Gasteiger partial charge >= 0.3 is 0 Å². The predicted octanol–water partition coefficient (Wildman–Crippen LogP) is -3.91. The average molecular weight is 1680 g/mol. The quantitative estimate of drug-likeness (QED) is 0.0101. The number of fused-ring (bicyclic) bond motifs is 1. The Labute approximate surface area is 699 Å². The van der Waals surface area contributed by atoms with Crippen molar-refractivity contribution in [1.29, 1.82) is 0 Å². The van der Waals surface area contributed by atoms with Gasteiger partial charge in [0.1, 0.15) is 78.3 Å². The smallest absolute Gasteiger partial charge is 0.245 e. The molecule has 16 amide bonds. The van der Waals surface area contributed by atoms with Gasteiger partial charge in [-0.25, -0.2) is 0 Å². The van der Waals surface area contributed by atoms with Crippen molar-refractivity contribution in [2.24, 2.45) is 62.9 Å². The second-order valence-corrected chi connectivity index (χ2v) is 31.2. The number of rotatable bonds is 49. The van der Waals surface area contributed by atoms with E-state index in [0.717, 1.165) is 0 Å². The molecular weight excluding hydrogens is 1570 g/mol. The zero-order chi connectivity index (χ0) is 89.3.